The molecule has 0 saturated heterocycles. The molecule has 16 heavy (non-hydrogen) atoms. The van der Waals surface area contributed by atoms with Crippen LogP contribution in [0.3, 0.4) is 0 Å². The van der Waals surface area contributed by atoms with E-state index in [1.165, 1.54) is 0 Å². The number of carboxylic acid groups (broad SMARTS) is 2. The summed E-state index contributed by atoms with van der Waals surface area (Å²) in [4.78, 5) is 16.7. The first kappa shape index (κ1) is 13.6. The molecule has 0 spiro atoms. The molecule has 1 heterocycles. The Morgan fingerprint density at radius 1 is 1.19 bits per heavy atom. The normalized spacial score (nSPS) is 8.50. The zero-order chi connectivity index (χ0) is 11.3. The number of para-hydroxylation sites is 2. The zero-order valence-corrected chi connectivity index (χ0v) is 8.37. The monoisotopic (exact) mass is 224 g/mol. The summed E-state index contributed by atoms with van der Waals surface area (Å²) in [5.41, 5.74) is 7.17. The molecule has 0 radical (unpaired) electrons. The van der Waals surface area contributed by atoms with E-state index >= 15 is 0 Å². The maximum Gasteiger partial charge on any atom is 0.503 e. The molecule has 0 fully saturated rings. The van der Waals surface area contributed by atoms with E-state index in [1.54, 1.807) is 6.20 Å². The van der Waals surface area contributed by atoms with Crippen molar-refractivity contribution in [3.63, 3.8) is 0 Å². The predicted octanol–water partition coefficient (Wildman–Crippen LogP) is 1.60. The lowest BCUT2D eigenvalue weighted by Crippen LogP contribution is -1.91. The molecule has 7 heteroatoms. The van der Waals surface area contributed by atoms with Crippen LogP contribution < -0.4 is 11.9 Å². The van der Waals surface area contributed by atoms with Crippen molar-refractivity contribution in [2.24, 2.45) is 0 Å². The molecule has 2 aromatic rings. The van der Waals surface area contributed by atoms with Gasteiger partial charge in [0.25, 0.3) is 0 Å². The first-order valence-corrected chi connectivity index (χ1v) is 3.99. The number of nitrogens with two attached hydrogens (primary N) is 1. The molecule has 0 bridgehead atoms. The molecule has 0 atom stereocenters. The van der Waals surface area contributed by atoms with E-state index in [0.717, 1.165) is 11.0 Å². The molecule has 0 aliphatic heterocycles. The highest BCUT2D eigenvalue weighted by molar-refractivity contribution is 5.74. The number of anilines is 1. The van der Waals surface area contributed by atoms with E-state index in [-0.39, 0.29) is 6.15 Å². The van der Waals surface area contributed by atoms with Gasteiger partial charge in [0.2, 0.25) is 0 Å². The summed E-state index contributed by atoms with van der Waals surface area (Å²) in [5, 5.41) is 13.9. The molecule has 7 nitrogen and oxygen atoms in total. The summed E-state index contributed by atoms with van der Waals surface area (Å²) in [6.45, 7) is 0. The minimum absolute atomic E-state index is 0. The maximum atomic E-state index is 8.56. The highest BCUT2D eigenvalue weighted by atomic mass is 16.6. The van der Waals surface area contributed by atoms with Crippen LogP contribution in [0, 0.1) is 0 Å². The second kappa shape index (κ2) is 6.14. The number of rotatable bonds is 0. The van der Waals surface area contributed by atoms with E-state index in [2.05, 4.69) is 9.97 Å². The number of aromatic nitrogens is 2. The van der Waals surface area contributed by atoms with Crippen LogP contribution in [0.4, 0.5) is 10.6 Å². The Bertz CT molecular complexity index is 471. The molecule has 1 aromatic heterocycles. The molecule has 0 aliphatic rings. The topological polar surface area (TPSA) is 144 Å². The standard InChI is InChI=1S/C8H7N3.CH2O3.H3N/c9-8-5-10-6-3-1-2-4-7(6)11-8;2-1(3)4;/h1-5H,(H2,9,11);(H2,2,3,4);1H3. The van der Waals surface area contributed by atoms with Gasteiger partial charge in [-0.15, -0.1) is 0 Å². The Morgan fingerprint density at radius 2 is 1.69 bits per heavy atom. The molecule has 0 saturated carbocycles. The van der Waals surface area contributed by atoms with Crippen LogP contribution in [0.15, 0.2) is 30.5 Å². The summed E-state index contributed by atoms with van der Waals surface area (Å²) in [7, 11) is 0. The van der Waals surface area contributed by atoms with Gasteiger partial charge in [0.1, 0.15) is 5.82 Å². The minimum atomic E-state index is -1.83. The van der Waals surface area contributed by atoms with Crippen molar-refractivity contribution in [3.05, 3.63) is 30.5 Å². The fourth-order valence-electron chi connectivity index (χ4n) is 0.972. The first-order chi connectivity index (χ1) is 7.09. The van der Waals surface area contributed by atoms with Crippen LogP contribution in [0.2, 0.25) is 0 Å². The summed E-state index contributed by atoms with van der Waals surface area (Å²) in [6.07, 6.45) is -0.275. The minimum Gasteiger partial charge on any atom is -0.450 e. The van der Waals surface area contributed by atoms with Gasteiger partial charge in [0.15, 0.2) is 0 Å². The number of hydrogen-bond acceptors (Lipinski definition) is 5. The third kappa shape index (κ3) is 4.20. The molecule has 0 aliphatic carbocycles. The van der Waals surface area contributed by atoms with E-state index in [1.807, 2.05) is 24.3 Å². The molecule has 1 aromatic carbocycles. The number of carbonyl (C=O) groups is 1. The fraction of sp³-hybridized carbons (Fsp3) is 0. The maximum absolute atomic E-state index is 8.56. The summed E-state index contributed by atoms with van der Waals surface area (Å²) >= 11 is 0. The van der Waals surface area contributed by atoms with Gasteiger partial charge in [0, 0.05) is 0 Å². The average Bonchev–Trinajstić information content (AvgIpc) is 2.16. The summed E-state index contributed by atoms with van der Waals surface area (Å²) in [6, 6.07) is 7.63. The number of hydrogen-bond donors (Lipinski definition) is 4. The Balaban J connectivity index is 0.000000397. The van der Waals surface area contributed by atoms with Crippen LogP contribution in [0.5, 0.6) is 0 Å². The SMILES string of the molecule is N.Nc1cnc2ccccc2n1.O=C(O)O. The average molecular weight is 224 g/mol. The Kier molecular flexibility index (Phi) is 5.22. The fourth-order valence-corrected chi connectivity index (χ4v) is 0.972. The van der Waals surface area contributed by atoms with E-state index < -0.39 is 6.16 Å². The number of nitrogen functional groups attached to an aromatic ring is 1. The van der Waals surface area contributed by atoms with Gasteiger partial charge in [-0.25, -0.2) is 9.78 Å². The van der Waals surface area contributed by atoms with Crippen LogP contribution in [0.1, 0.15) is 0 Å². The quantitative estimate of drug-likeness (QED) is 0.531. The Labute approximate surface area is 91.1 Å². The molecule has 0 unspecified atom stereocenters. The molecule has 86 valence electrons. The second-order valence-corrected chi connectivity index (χ2v) is 2.57. The number of fused-ring (bicyclic) bond motifs is 1. The lowest BCUT2D eigenvalue weighted by Gasteiger charge is -1.94. The molecule has 0 amide bonds. The van der Waals surface area contributed by atoms with Gasteiger partial charge in [-0.3, -0.25) is 4.98 Å². The van der Waals surface area contributed by atoms with Crippen LogP contribution in [-0.4, -0.2) is 26.3 Å². The number of nitrogens with zero attached hydrogens (tertiary/aromatic N) is 2. The Hall–Kier alpha value is -2.41. The van der Waals surface area contributed by atoms with Gasteiger partial charge in [-0.2, -0.15) is 0 Å². The van der Waals surface area contributed by atoms with Crippen molar-refractivity contribution in [1.29, 1.82) is 0 Å². The van der Waals surface area contributed by atoms with E-state index in [0.29, 0.717) is 5.82 Å². The van der Waals surface area contributed by atoms with Gasteiger partial charge >= 0.3 is 6.16 Å². The third-order valence-electron chi connectivity index (χ3n) is 1.47. The summed E-state index contributed by atoms with van der Waals surface area (Å²) in [5.74, 6) is 0.462. The van der Waals surface area contributed by atoms with Crippen LogP contribution in [-0.2, 0) is 0 Å². The van der Waals surface area contributed by atoms with Gasteiger partial charge in [0.05, 0.1) is 17.2 Å². The summed E-state index contributed by atoms with van der Waals surface area (Å²) < 4.78 is 0. The van der Waals surface area contributed by atoms with Crippen molar-refractivity contribution in [1.82, 2.24) is 16.1 Å². The van der Waals surface area contributed by atoms with E-state index in [4.69, 9.17) is 20.7 Å². The van der Waals surface area contributed by atoms with Crippen molar-refractivity contribution >= 4 is 23.0 Å². The smallest absolute Gasteiger partial charge is 0.450 e. The lowest BCUT2D eigenvalue weighted by molar-refractivity contribution is 0.137. The molecular weight excluding hydrogens is 212 g/mol. The van der Waals surface area contributed by atoms with Crippen LogP contribution in [0.25, 0.3) is 11.0 Å². The number of benzene rings is 1. The molecular formula is C9H12N4O3. The van der Waals surface area contributed by atoms with Crippen LogP contribution >= 0.6 is 0 Å². The Morgan fingerprint density at radius 3 is 2.25 bits per heavy atom. The second-order valence-electron chi connectivity index (χ2n) is 2.57. The van der Waals surface area contributed by atoms with Crippen molar-refractivity contribution < 1.29 is 15.0 Å². The van der Waals surface area contributed by atoms with Gasteiger partial charge in [-0.1, -0.05) is 12.1 Å². The predicted molar refractivity (Wildman–Crippen MR) is 59.6 cm³/mol. The molecule has 2 rings (SSSR count). The van der Waals surface area contributed by atoms with E-state index in [9.17, 15) is 0 Å². The first-order valence-electron chi connectivity index (χ1n) is 3.99. The van der Waals surface area contributed by atoms with Crippen molar-refractivity contribution in [2.75, 3.05) is 5.73 Å². The highest BCUT2D eigenvalue weighted by Crippen LogP contribution is 2.08. The molecule has 7 N–H and O–H groups in total. The van der Waals surface area contributed by atoms with Gasteiger partial charge < -0.3 is 22.1 Å². The van der Waals surface area contributed by atoms with Gasteiger partial charge in [-0.05, 0) is 12.1 Å². The highest BCUT2D eigenvalue weighted by Gasteiger charge is 1.92. The van der Waals surface area contributed by atoms with Crippen molar-refractivity contribution in [2.45, 2.75) is 0 Å². The largest absolute Gasteiger partial charge is 0.503 e. The van der Waals surface area contributed by atoms with Crippen molar-refractivity contribution in [3.8, 4) is 0 Å². The lowest BCUT2D eigenvalue weighted by atomic mass is 10.3. The zero-order valence-electron chi connectivity index (χ0n) is 8.37. The third-order valence-corrected chi connectivity index (χ3v) is 1.47.